The van der Waals surface area contributed by atoms with Crippen molar-refractivity contribution in [1.82, 2.24) is 0 Å². The van der Waals surface area contributed by atoms with Crippen LogP contribution in [0.4, 0.5) is 0 Å². The molecule has 0 N–H and O–H groups in total. The van der Waals surface area contributed by atoms with Gasteiger partial charge in [-0.1, -0.05) is 89.1 Å². The Morgan fingerprint density at radius 1 is 0.607 bits per heavy atom. The number of rotatable bonds is 0. The molecule has 0 nitrogen and oxygen atoms in total. The van der Waals surface area contributed by atoms with Crippen LogP contribution in [0, 0.1) is 24.7 Å². The third kappa shape index (κ3) is 4.53. The summed E-state index contributed by atoms with van der Waals surface area (Å²) in [5, 5.41) is 0. The first-order valence-electron chi connectivity index (χ1n) is 11.2. The first-order chi connectivity index (χ1) is 13.0. The van der Waals surface area contributed by atoms with Crippen molar-refractivity contribution >= 4 is 0 Å². The number of aryl methyl sites for hydroxylation is 4. The molecule has 0 aromatic heterocycles. The van der Waals surface area contributed by atoms with E-state index in [2.05, 4.69) is 91.8 Å². The highest BCUT2D eigenvalue weighted by Gasteiger charge is 2.32. The second-order valence-corrected chi connectivity index (χ2v) is 11.3. The molecule has 2 unspecified atom stereocenters. The zero-order valence-corrected chi connectivity index (χ0v) is 19.4. The van der Waals surface area contributed by atoms with Crippen LogP contribution in [-0.4, -0.2) is 0 Å². The summed E-state index contributed by atoms with van der Waals surface area (Å²) in [4.78, 5) is 0. The number of benzene rings is 2. The molecule has 2 aromatic rings. The molecular formula is C28H40. The average molecular weight is 377 g/mol. The molecule has 0 fully saturated rings. The largest absolute Gasteiger partial charge is 0.0596 e. The predicted molar refractivity (Wildman–Crippen MR) is 123 cm³/mol. The zero-order chi connectivity index (χ0) is 20.7. The lowest BCUT2D eigenvalue weighted by Crippen LogP contribution is -2.15. The lowest BCUT2D eigenvalue weighted by molar-refractivity contribution is 0.319. The summed E-state index contributed by atoms with van der Waals surface area (Å²) in [6.45, 7) is 18.5. The molecule has 2 aliphatic carbocycles. The maximum absolute atomic E-state index is 2.39. The summed E-state index contributed by atoms with van der Waals surface area (Å²) < 4.78 is 0. The second kappa shape index (κ2) is 7.69. The van der Waals surface area contributed by atoms with Gasteiger partial charge in [0, 0.05) is 0 Å². The van der Waals surface area contributed by atoms with Crippen LogP contribution in [0.15, 0.2) is 36.4 Å². The van der Waals surface area contributed by atoms with Crippen LogP contribution in [0.5, 0.6) is 0 Å². The van der Waals surface area contributed by atoms with E-state index < -0.39 is 0 Å². The summed E-state index contributed by atoms with van der Waals surface area (Å²) in [5.74, 6) is 1.52. The van der Waals surface area contributed by atoms with Crippen molar-refractivity contribution in [3.8, 4) is 0 Å². The Kier molecular flexibility index (Phi) is 5.81. The SMILES string of the molecule is Cc1ccc2c(c1)C(C(C)(C)C)CC2.Cc1ccc2c(c1)C(C(C)(C)C)CC2. The topological polar surface area (TPSA) is 0 Å². The normalized spacial score (nSPS) is 21.0. The minimum absolute atomic E-state index is 0.416. The molecule has 152 valence electrons. The third-order valence-corrected chi connectivity index (χ3v) is 6.85. The minimum atomic E-state index is 0.416. The molecule has 0 amide bonds. The van der Waals surface area contributed by atoms with Crippen molar-refractivity contribution in [3.05, 3.63) is 69.8 Å². The highest BCUT2D eigenvalue weighted by Crippen LogP contribution is 2.45. The number of hydrogen-bond acceptors (Lipinski definition) is 0. The van der Waals surface area contributed by atoms with Crippen molar-refractivity contribution in [1.29, 1.82) is 0 Å². The van der Waals surface area contributed by atoms with E-state index in [0.29, 0.717) is 10.8 Å². The van der Waals surface area contributed by atoms with E-state index in [1.807, 2.05) is 0 Å². The Labute approximate surface area is 173 Å². The van der Waals surface area contributed by atoms with E-state index in [4.69, 9.17) is 0 Å². The number of hydrogen-bond donors (Lipinski definition) is 0. The first kappa shape index (κ1) is 21.2. The molecule has 4 rings (SSSR count). The smallest absolute Gasteiger partial charge is 0.0107 e. The van der Waals surface area contributed by atoms with Crippen molar-refractivity contribution in [2.24, 2.45) is 10.8 Å². The van der Waals surface area contributed by atoms with Gasteiger partial charge in [0.2, 0.25) is 0 Å². The average Bonchev–Trinajstić information content (AvgIpc) is 3.17. The van der Waals surface area contributed by atoms with Gasteiger partial charge in [-0.05, 0) is 84.5 Å². The minimum Gasteiger partial charge on any atom is -0.0596 e. The maximum Gasteiger partial charge on any atom is -0.0107 e. The summed E-state index contributed by atoms with van der Waals surface area (Å²) in [5.41, 5.74) is 10.0. The number of fused-ring (bicyclic) bond motifs is 2. The summed E-state index contributed by atoms with van der Waals surface area (Å²) in [7, 11) is 0. The van der Waals surface area contributed by atoms with Crippen molar-refractivity contribution in [2.75, 3.05) is 0 Å². The molecule has 2 aliphatic rings. The van der Waals surface area contributed by atoms with Gasteiger partial charge in [-0.3, -0.25) is 0 Å². The fraction of sp³-hybridized carbons (Fsp3) is 0.571. The van der Waals surface area contributed by atoms with Crippen molar-refractivity contribution in [3.63, 3.8) is 0 Å². The highest BCUT2D eigenvalue weighted by molar-refractivity contribution is 5.40. The molecule has 0 saturated heterocycles. The molecule has 0 saturated carbocycles. The van der Waals surface area contributed by atoms with Gasteiger partial charge in [-0.2, -0.15) is 0 Å². The Bertz CT molecular complexity index is 755. The molecule has 0 spiro atoms. The van der Waals surface area contributed by atoms with E-state index in [1.165, 1.54) is 36.8 Å². The zero-order valence-electron chi connectivity index (χ0n) is 19.4. The molecule has 0 radical (unpaired) electrons. The predicted octanol–water partition coefficient (Wildman–Crippen LogP) is 8.14. The maximum atomic E-state index is 2.39. The van der Waals surface area contributed by atoms with Gasteiger partial charge in [0.1, 0.15) is 0 Å². The van der Waals surface area contributed by atoms with E-state index >= 15 is 0 Å². The van der Waals surface area contributed by atoms with Crippen LogP contribution in [0.1, 0.15) is 99.6 Å². The summed E-state index contributed by atoms with van der Waals surface area (Å²) >= 11 is 0. The molecule has 0 bridgehead atoms. The van der Waals surface area contributed by atoms with Gasteiger partial charge in [-0.15, -0.1) is 0 Å². The van der Waals surface area contributed by atoms with Crippen LogP contribution in [0.2, 0.25) is 0 Å². The summed E-state index contributed by atoms with van der Waals surface area (Å²) in [6, 6.07) is 13.9. The fourth-order valence-corrected chi connectivity index (χ4v) is 5.24. The Morgan fingerprint density at radius 2 is 0.964 bits per heavy atom. The van der Waals surface area contributed by atoms with Gasteiger partial charge < -0.3 is 0 Å². The Balaban J connectivity index is 0.000000161. The van der Waals surface area contributed by atoms with Crippen LogP contribution < -0.4 is 0 Å². The third-order valence-electron chi connectivity index (χ3n) is 6.85. The van der Waals surface area contributed by atoms with Gasteiger partial charge in [0.25, 0.3) is 0 Å². The van der Waals surface area contributed by atoms with E-state index in [9.17, 15) is 0 Å². The van der Waals surface area contributed by atoms with E-state index in [1.54, 1.807) is 22.3 Å². The molecule has 0 heteroatoms. The monoisotopic (exact) mass is 376 g/mol. The Hall–Kier alpha value is -1.56. The Morgan fingerprint density at radius 3 is 1.29 bits per heavy atom. The molecule has 28 heavy (non-hydrogen) atoms. The first-order valence-corrected chi connectivity index (χ1v) is 11.2. The van der Waals surface area contributed by atoms with Crippen LogP contribution in [0.3, 0.4) is 0 Å². The lowest BCUT2D eigenvalue weighted by atomic mass is 9.77. The van der Waals surface area contributed by atoms with Crippen LogP contribution in [-0.2, 0) is 12.8 Å². The fourth-order valence-electron chi connectivity index (χ4n) is 5.24. The van der Waals surface area contributed by atoms with Crippen molar-refractivity contribution < 1.29 is 0 Å². The van der Waals surface area contributed by atoms with E-state index in [-0.39, 0.29) is 0 Å². The second-order valence-electron chi connectivity index (χ2n) is 11.3. The highest BCUT2D eigenvalue weighted by atomic mass is 14.4. The quantitative estimate of drug-likeness (QED) is 0.435. The van der Waals surface area contributed by atoms with Crippen LogP contribution in [0.25, 0.3) is 0 Å². The molecule has 0 aliphatic heterocycles. The molecule has 0 heterocycles. The summed E-state index contributed by atoms with van der Waals surface area (Å²) in [6.07, 6.45) is 5.22. The van der Waals surface area contributed by atoms with Crippen LogP contribution >= 0.6 is 0 Å². The molecule has 2 aromatic carbocycles. The van der Waals surface area contributed by atoms with Crippen molar-refractivity contribution in [2.45, 2.75) is 92.9 Å². The van der Waals surface area contributed by atoms with Gasteiger partial charge in [-0.25, -0.2) is 0 Å². The lowest BCUT2D eigenvalue weighted by Gasteiger charge is -2.28. The van der Waals surface area contributed by atoms with Gasteiger partial charge in [0.05, 0.1) is 0 Å². The standard InChI is InChI=1S/2C14H20/c2*1-10-5-6-11-7-8-13(12(11)9-10)14(2,3)4/h2*5-6,9,13H,7-8H2,1-4H3. The van der Waals surface area contributed by atoms with E-state index in [0.717, 1.165) is 11.8 Å². The van der Waals surface area contributed by atoms with Gasteiger partial charge in [0.15, 0.2) is 0 Å². The van der Waals surface area contributed by atoms with Gasteiger partial charge >= 0.3 is 0 Å². The molecule has 2 atom stereocenters. The molecular weight excluding hydrogens is 336 g/mol.